The van der Waals surface area contributed by atoms with Gasteiger partial charge in [0.1, 0.15) is 0 Å². The van der Waals surface area contributed by atoms with E-state index < -0.39 is 5.41 Å². The molecule has 13 rings (SSSR count). The number of nitrogens with zero attached hydrogens (tertiary/aromatic N) is 2. The van der Waals surface area contributed by atoms with E-state index in [0.717, 1.165) is 34.1 Å². The second-order valence-corrected chi connectivity index (χ2v) is 16.8. The molecule has 0 atom stereocenters. The first-order valence-corrected chi connectivity index (χ1v) is 21.8. The Hall–Kier alpha value is -8.20. The summed E-state index contributed by atoms with van der Waals surface area (Å²) in [7, 11) is 0. The lowest BCUT2D eigenvalue weighted by Crippen LogP contribution is -2.27. The van der Waals surface area contributed by atoms with Crippen molar-refractivity contribution in [2.75, 3.05) is 9.80 Å². The normalized spacial score (nSPS) is 13.5. The minimum Gasteiger partial charge on any atom is -0.306 e. The van der Waals surface area contributed by atoms with Crippen LogP contribution in [0.15, 0.2) is 243 Å². The van der Waals surface area contributed by atoms with Gasteiger partial charge in [0.2, 0.25) is 0 Å². The van der Waals surface area contributed by atoms with Gasteiger partial charge in [0.05, 0.1) is 28.2 Å². The highest BCUT2D eigenvalue weighted by molar-refractivity contribution is 6.03. The van der Waals surface area contributed by atoms with Crippen LogP contribution in [-0.2, 0) is 5.41 Å². The first kappa shape index (κ1) is 35.5. The SMILES string of the molecule is c1ccc(-c2ccc3c(c2)C2(c4cc(-c5ccccc5)ccc4-3)c3cc(-c4ccccc4)ccc3-c3ccc(N4c5ccccc5N(c5ccccc5)c5ccccc54)cc32)cc1. The number of hydrogen-bond donors (Lipinski definition) is 0. The summed E-state index contributed by atoms with van der Waals surface area (Å²) in [4.78, 5) is 4.88. The van der Waals surface area contributed by atoms with Crippen molar-refractivity contribution in [2.24, 2.45) is 0 Å². The Balaban J connectivity index is 1.12. The predicted molar refractivity (Wildman–Crippen MR) is 262 cm³/mol. The summed E-state index contributed by atoms with van der Waals surface area (Å²) in [5.41, 5.74) is 23.9. The molecule has 0 amide bonds. The summed E-state index contributed by atoms with van der Waals surface area (Å²) in [5.74, 6) is 0. The number of hydrogen-bond acceptors (Lipinski definition) is 2. The third kappa shape index (κ3) is 5.25. The summed E-state index contributed by atoms with van der Waals surface area (Å²) in [5, 5.41) is 0. The molecule has 0 fully saturated rings. The van der Waals surface area contributed by atoms with Gasteiger partial charge in [-0.25, -0.2) is 0 Å². The Labute approximate surface area is 368 Å². The van der Waals surface area contributed by atoms with Crippen LogP contribution in [0.1, 0.15) is 22.3 Å². The molecule has 0 aromatic heterocycles. The van der Waals surface area contributed by atoms with Crippen LogP contribution in [0.3, 0.4) is 0 Å². The molecule has 1 spiro atoms. The van der Waals surface area contributed by atoms with Gasteiger partial charge >= 0.3 is 0 Å². The summed E-state index contributed by atoms with van der Waals surface area (Å²) < 4.78 is 0. The quantitative estimate of drug-likeness (QED) is 0.171. The van der Waals surface area contributed by atoms with Crippen LogP contribution in [0.5, 0.6) is 0 Å². The molecule has 0 N–H and O–H groups in total. The highest BCUT2D eigenvalue weighted by atomic mass is 15.3. The maximum atomic E-state index is 2.52. The molecule has 1 aliphatic heterocycles. The third-order valence-corrected chi connectivity index (χ3v) is 13.6. The van der Waals surface area contributed by atoms with E-state index in [1.54, 1.807) is 0 Å². The zero-order chi connectivity index (χ0) is 41.5. The summed E-state index contributed by atoms with van der Waals surface area (Å²) in [6.45, 7) is 0. The zero-order valence-corrected chi connectivity index (χ0v) is 34.5. The van der Waals surface area contributed by atoms with E-state index >= 15 is 0 Å². The predicted octanol–water partition coefficient (Wildman–Crippen LogP) is 16.3. The van der Waals surface area contributed by atoms with Crippen molar-refractivity contribution in [3.05, 3.63) is 265 Å². The molecule has 294 valence electrons. The lowest BCUT2D eigenvalue weighted by Gasteiger charge is -2.40. The maximum Gasteiger partial charge on any atom is 0.0726 e. The van der Waals surface area contributed by atoms with Gasteiger partial charge in [0, 0.05) is 11.4 Å². The number of rotatable bonds is 5. The van der Waals surface area contributed by atoms with Crippen LogP contribution in [-0.4, -0.2) is 0 Å². The Bertz CT molecular complexity index is 3180. The molecular weight excluding hydrogens is 761 g/mol. The smallest absolute Gasteiger partial charge is 0.0726 e. The fraction of sp³-hybridized carbons (Fsp3) is 0.0164. The average molecular weight is 801 g/mol. The standard InChI is InChI=1S/C61H40N2/c1-5-17-41(18-6-1)44-29-33-49-50-34-30-45(42-19-7-2-8-20-42)38-54(50)61(53(49)37-44)55-39-46(43-21-9-3-10-22-43)31-35-51(55)52-36-32-48(40-56(52)61)63-59-27-15-13-25-57(59)62(47-23-11-4-12-24-47)58-26-14-16-28-60(58)63/h1-40H. The molecule has 0 radical (unpaired) electrons. The molecular formula is C61H40N2. The van der Waals surface area contributed by atoms with Crippen LogP contribution in [0.25, 0.3) is 55.6 Å². The molecule has 0 bridgehead atoms. The van der Waals surface area contributed by atoms with Gasteiger partial charge in [-0.05, 0) is 145 Å². The monoisotopic (exact) mass is 800 g/mol. The minimum atomic E-state index is -0.614. The highest BCUT2D eigenvalue weighted by Crippen LogP contribution is 2.65. The van der Waals surface area contributed by atoms with E-state index in [9.17, 15) is 0 Å². The van der Waals surface area contributed by atoms with Crippen LogP contribution in [0, 0.1) is 0 Å². The molecule has 2 aliphatic carbocycles. The molecule has 2 nitrogen and oxygen atoms in total. The molecule has 0 saturated heterocycles. The van der Waals surface area contributed by atoms with Gasteiger partial charge in [0.25, 0.3) is 0 Å². The number of fused-ring (bicyclic) bond motifs is 12. The van der Waals surface area contributed by atoms with Crippen molar-refractivity contribution in [3.8, 4) is 55.6 Å². The van der Waals surface area contributed by atoms with Gasteiger partial charge in [-0.3, -0.25) is 0 Å². The van der Waals surface area contributed by atoms with Gasteiger partial charge in [0.15, 0.2) is 0 Å². The topological polar surface area (TPSA) is 6.48 Å². The van der Waals surface area contributed by atoms with Gasteiger partial charge in [-0.15, -0.1) is 0 Å². The minimum absolute atomic E-state index is 0.614. The molecule has 3 aliphatic rings. The zero-order valence-electron chi connectivity index (χ0n) is 34.5. The molecule has 10 aromatic carbocycles. The van der Waals surface area contributed by atoms with Crippen LogP contribution in [0.2, 0.25) is 0 Å². The van der Waals surface area contributed by atoms with E-state index in [-0.39, 0.29) is 0 Å². The van der Waals surface area contributed by atoms with E-state index in [4.69, 9.17) is 0 Å². The van der Waals surface area contributed by atoms with Crippen LogP contribution >= 0.6 is 0 Å². The van der Waals surface area contributed by atoms with E-state index in [0.29, 0.717) is 0 Å². The first-order valence-electron chi connectivity index (χ1n) is 21.8. The molecule has 1 heterocycles. The number of anilines is 6. The fourth-order valence-electron chi connectivity index (χ4n) is 10.9. The number of benzene rings is 10. The summed E-state index contributed by atoms with van der Waals surface area (Å²) in [6, 6.07) is 89.8. The Morgan fingerprint density at radius 3 is 0.905 bits per heavy atom. The molecule has 63 heavy (non-hydrogen) atoms. The van der Waals surface area contributed by atoms with Gasteiger partial charge < -0.3 is 9.80 Å². The van der Waals surface area contributed by atoms with Crippen molar-refractivity contribution in [3.63, 3.8) is 0 Å². The largest absolute Gasteiger partial charge is 0.306 e. The fourth-order valence-corrected chi connectivity index (χ4v) is 10.9. The van der Waals surface area contributed by atoms with Crippen LogP contribution < -0.4 is 9.80 Å². The van der Waals surface area contributed by atoms with E-state index in [1.165, 1.54) is 77.9 Å². The maximum absolute atomic E-state index is 2.52. The summed E-state index contributed by atoms with van der Waals surface area (Å²) in [6.07, 6.45) is 0. The molecule has 0 unspecified atom stereocenters. The Morgan fingerprint density at radius 1 is 0.222 bits per heavy atom. The summed E-state index contributed by atoms with van der Waals surface area (Å²) >= 11 is 0. The van der Waals surface area contributed by atoms with Gasteiger partial charge in [-0.1, -0.05) is 176 Å². The Kier molecular flexibility index (Phi) is 7.85. The van der Waals surface area contributed by atoms with Crippen molar-refractivity contribution in [1.82, 2.24) is 0 Å². The molecule has 10 aromatic rings. The second kappa shape index (κ2) is 13.9. The van der Waals surface area contributed by atoms with E-state index in [1.807, 2.05) is 0 Å². The van der Waals surface area contributed by atoms with Gasteiger partial charge in [-0.2, -0.15) is 0 Å². The van der Waals surface area contributed by atoms with E-state index in [2.05, 4.69) is 252 Å². The number of para-hydroxylation sites is 5. The lowest BCUT2D eigenvalue weighted by atomic mass is 9.69. The van der Waals surface area contributed by atoms with Crippen LogP contribution in [0.4, 0.5) is 34.1 Å². The van der Waals surface area contributed by atoms with Crippen molar-refractivity contribution < 1.29 is 0 Å². The Morgan fingerprint density at radius 2 is 0.524 bits per heavy atom. The second-order valence-electron chi connectivity index (χ2n) is 16.8. The first-order chi connectivity index (χ1) is 31.3. The van der Waals surface area contributed by atoms with Crippen molar-refractivity contribution in [1.29, 1.82) is 0 Å². The lowest BCUT2D eigenvalue weighted by molar-refractivity contribution is 0.794. The van der Waals surface area contributed by atoms with Crippen molar-refractivity contribution in [2.45, 2.75) is 5.41 Å². The average Bonchev–Trinajstić information content (AvgIpc) is 3.82. The molecule has 0 saturated carbocycles. The highest BCUT2D eigenvalue weighted by Gasteiger charge is 2.52. The van der Waals surface area contributed by atoms with Crippen molar-refractivity contribution >= 4 is 34.1 Å². The molecule has 2 heteroatoms. The third-order valence-electron chi connectivity index (χ3n) is 13.6.